The lowest BCUT2D eigenvalue weighted by Crippen LogP contribution is -1.98. The SMILES string of the molecule is CCO[P+](=O)C(F)(F)Br. The first-order valence-corrected chi connectivity index (χ1v) is 4.12. The Bertz CT molecular complexity index is 113. The van der Waals surface area contributed by atoms with E-state index in [1.54, 1.807) is 0 Å². The van der Waals surface area contributed by atoms with E-state index < -0.39 is 12.6 Å². The van der Waals surface area contributed by atoms with Crippen LogP contribution in [0.1, 0.15) is 6.92 Å². The summed E-state index contributed by atoms with van der Waals surface area (Å²) in [4.78, 5) is 0. The van der Waals surface area contributed by atoms with Crippen molar-refractivity contribution in [3.63, 3.8) is 0 Å². The van der Waals surface area contributed by atoms with Crippen LogP contribution in [0.15, 0.2) is 0 Å². The molecule has 9 heavy (non-hydrogen) atoms. The molecule has 0 aliphatic carbocycles. The predicted molar refractivity (Wildman–Crippen MR) is 33.1 cm³/mol. The summed E-state index contributed by atoms with van der Waals surface area (Å²) in [5.74, 6) is 0. The highest BCUT2D eigenvalue weighted by molar-refractivity contribution is 9.11. The summed E-state index contributed by atoms with van der Waals surface area (Å²) in [7, 11) is -2.89. The normalized spacial score (nSPS) is 13.6. The van der Waals surface area contributed by atoms with Gasteiger partial charge in [-0.2, -0.15) is 0 Å². The maximum atomic E-state index is 11.8. The molecular weight excluding hydrogens is 217 g/mol. The van der Waals surface area contributed by atoms with Crippen LogP contribution >= 0.6 is 24.0 Å². The minimum atomic E-state index is -3.39. The van der Waals surface area contributed by atoms with Crippen molar-refractivity contribution >= 4 is 24.0 Å². The maximum absolute atomic E-state index is 11.8. The summed E-state index contributed by atoms with van der Waals surface area (Å²) >= 11 is 1.90. The van der Waals surface area contributed by atoms with Gasteiger partial charge >= 0.3 is 12.6 Å². The number of hydrogen-bond acceptors (Lipinski definition) is 2. The number of rotatable bonds is 3. The lowest BCUT2D eigenvalue weighted by molar-refractivity contribution is 0.179. The fourth-order valence-corrected chi connectivity index (χ4v) is 0.878. The molecule has 54 valence electrons. The first kappa shape index (κ1) is 9.40. The maximum Gasteiger partial charge on any atom is 0.599 e. The highest BCUT2D eigenvalue weighted by Crippen LogP contribution is 2.47. The molecule has 0 bridgehead atoms. The fraction of sp³-hybridized carbons (Fsp3) is 1.00. The molecule has 0 aliphatic heterocycles. The van der Waals surface area contributed by atoms with E-state index in [2.05, 4.69) is 4.52 Å². The molecule has 6 heteroatoms. The monoisotopic (exact) mass is 221 g/mol. The Morgan fingerprint density at radius 2 is 2.22 bits per heavy atom. The Kier molecular flexibility index (Phi) is 3.70. The first-order chi connectivity index (χ1) is 3.98. The third-order valence-corrected chi connectivity index (χ3v) is 2.23. The van der Waals surface area contributed by atoms with Gasteiger partial charge in [-0.05, 0) is 11.5 Å². The Morgan fingerprint density at radius 1 is 1.78 bits per heavy atom. The summed E-state index contributed by atoms with van der Waals surface area (Å²) in [6.45, 7) is 1.52. The van der Waals surface area contributed by atoms with E-state index in [4.69, 9.17) is 0 Å². The van der Waals surface area contributed by atoms with Crippen molar-refractivity contribution in [1.82, 2.24) is 0 Å². The van der Waals surface area contributed by atoms with Crippen molar-refractivity contribution in [2.45, 2.75) is 11.5 Å². The van der Waals surface area contributed by atoms with Gasteiger partial charge in [-0.1, -0.05) is 0 Å². The van der Waals surface area contributed by atoms with Crippen molar-refractivity contribution < 1.29 is 17.9 Å². The standard InChI is InChI=1S/C3H5BrF2O2P/c1-2-8-9(7)3(4,5)6/h2H2,1H3/q+1. The molecule has 0 fully saturated rings. The number of hydrogen-bond donors (Lipinski definition) is 0. The topological polar surface area (TPSA) is 26.3 Å². The van der Waals surface area contributed by atoms with Gasteiger partial charge in [-0.15, -0.1) is 13.3 Å². The molecule has 0 radical (unpaired) electrons. The van der Waals surface area contributed by atoms with E-state index in [1.807, 2.05) is 15.9 Å². The van der Waals surface area contributed by atoms with E-state index in [0.717, 1.165) is 0 Å². The molecule has 0 heterocycles. The Balaban J connectivity index is 3.74. The molecule has 2 nitrogen and oxygen atoms in total. The quantitative estimate of drug-likeness (QED) is 0.541. The van der Waals surface area contributed by atoms with Gasteiger partial charge in [0.2, 0.25) is 0 Å². The van der Waals surface area contributed by atoms with Crippen LogP contribution in [0.2, 0.25) is 0 Å². The van der Waals surface area contributed by atoms with E-state index in [0.29, 0.717) is 0 Å². The van der Waals surface area contributed by atoms with Crippen LogP contribution in [0.4, 0.5) is 8.78 Å². The van der Waals surface area contributed by atoms with Gasteiger partial charge in [0.1, 0.15) is 6.61 Å². The fourth-order valence-electron chi connectivity index (χ4n) is 0.190. The van der Waals surface area contributed by atoms with Gasteiger partial charge in [-0.3, -0.25) is 0 Å². The second-order valence-electron chi connectivity index (χ2n) is 1.14. The summed E-state index contributed by atoms with van der Waals surface area (Å²) < 4.78 is 34.5. The summed E-state index contributed by atoms with van der Waals surface area (Å²) in [6.07, 6.45) is 0. The zero-order valence-corrected chi connectivity index (χ0v) is 7.09. The largest absolute Gasteiger partial charge is 0.599 e. The van der Waals surface area contributed by atoms with Crippen LogP contribution < -0.4 is 0 Å². The van der Waals surface area contributed by atoms with Crippen LogP contribution in [0.25, 0.3) is 0 Å². The van der Waals surface area contributed by atoms with Gasteiger partial charge in [-0.25, -0.2) is 0 Å². The third-order valence-electron chi connectivity index (χ3n) is 0.453. The van der Waals surface area contributed by atoms with Gasteiger partial charge in [0.25, 0.3) is 0 Å². The summed E-state index contributed by atoms with van der Waals surface area (Å²) in [6, 6.07) is 0. The van der Waals surface area contributed by atoms with Gasteiger partial charge < -0.3 is 0 Å². The number of halogens is 3. The third kappa shape index (κ3) is 3.89. The van der Waals surface area contributed by atoms with Crippen molar-refractivity contribution in [3.05, 3.63) is 0 Å². The van der Waals surface area contributed by atoms with Gasteiger partial charge in [0.05, 0.1) is 15.9 Å². The van der Waals surface area contributed by atoms with E-state index in [9.17, 15) is 13.3 Å². The molecular formula is C3H5BrF2O2P+. The van der Waals surface area contributed by atoms with Crippen LogP contribution in [0.3, 0.4) is 0 Å². The highest BCUT2D eigenvalue weighted by atomic mass is 79.9. The molecule has 0 aromatic carbocycles. The van der Waals surface area contributed by atoms with Crippen molar-refractivity contribution in [2.24, 2.45) is 0 Å². The van der Waals surface area contributed by atoms with Crippen molar-refractivity contribution in [1.29, 1.82) is 0 Å². The number of alkyl halides is 3. The average Bonchev–Trinajstić information content (AvgIpc) is 1.64. The van der Waals surface area contributed by atoms with Crippen LogP contribution in [-0.4, -0.2) is 11.2 Å². The molecule has 0 saturated heterocycles. The average molecular weight is 222 g/mol. The second kappa shape index (κ2) is 3.54. The molecule has 0 aromatic heterocycles. The first-order valence-electron chi connectivity index (χ1n) is 2.15. The Morgan fingerprint density at radius 3 is 2.33 bits per heavy atom. The minimum Gasteiger partial charge on any atom is -0.143 e. The molecule has 0 spiro atoms. The molecule has 0 N–H and O–H groups in total. The smallest absolute Gasteiger partial charge is 0.143 e. The van der Waals surface area contributed by atoms with Crippen LogP contribution in [-0.2, 0) is 9.09 Å². The Labute approximate surface area is 60.6 Å². The summed E-state index contributed by atoms with van der Waals surface area (Å²) in [5.41, 5.74) is 0. The van der Waals surface area contributed by atoms with E-state index in [-0.39, 0.29) is 6.61 Å². The lowest BCUT2D eigenvalue weighted by Gasteiger charge is -1.89. The minimum absolute atomic E-state index is 0.0242. The molecule has 1 unspecified atom stereocenters. The van der Waals surface area contributed by atoms with Crippen LogP contribution in [0.5, 0.6) is 0 Å². The Hall–Kier alpha value is 0.400. The molecule has 0 saturated carbocycles. The molecule has 0 amide bonds. The second-order valence-corrected chi connectivity index (χ2v) is 4.09. The zero-order valence-electron chi connectivity index (χ0n) is 4.60. The molecule has 0 rings (SSSR count). The predicted octanol–water partition coefficient (Wildman–Crippen LogP) is 2.71. The molecule has 0 aromatic rings. The molecule has 0 aliphatic rings. The van der Waals surface area contributed by atoms with Gasteiger partial charge in [0, 0.05) is 0 Å². The van der Waals surface area contributed by atoms with E-state index in [1.165, 1.54) is 6.92 Å². The summed E-state index contributed by atoms with van der Waals surface area (Å²) in [5, 5.41) is 0. The molecule has 1 atom stereocenters. The van der Waals surface area contributed by atoms with E-state index >= 15 is 0 Å². The lowest BCUT2D eigenvalue weighted by atomic mass is 10.9. The highest BCUT2D eigenvalue weighted by Gasteiger charge is 2.51. The van der Waals surface area contributed by atoms with Crippen molar-refractivity contribution in [2.75, 3.05) is 6.61 Å². The van der Waals surface area contributed by atoms with Gasteiger partial charge in [0.15, 0.2) is 0 Å². The van der Waals surface area contributed by atoms with Crippen LogP contribution in [0, 0.1) is 0 Å². The zero-order chi connectivity index (χ0) is 7.49. The van der Waals surface area contributed by atoms with Crippen molar-refractivity contribution in [3.8, 4) is 0 Å².